The van der Waals surface area contributed by atoms with Crippen LogP contribution in [-0.4, -0.2) is 23.0 Å². The summed E-state index contributed by atoms with van der Waals surface area (Å²) in [6.07, 6.45) is 0. The Morgan fingerprint density at radius 2 is 1.63 bits per heavy atom. The SMILES string of the molecule is CCOC(=O)C(C)(C)NP(Oc1ccccc1)Oc1ccc([N+](=O)[O-])cc1. The molecule has 0 aliphatic rings. The van der Waals surface area contributed by atoms with E-state index in [4.69, 9.17) is 13.8 Å². The van der Waals surface area contributed by atoms with Gasteiger partial charge in [0.15, 0.2) is 0 Å². The third-order valence-corrected chi connectivity index (χ3v) is 4.82. The molecule has 2 aromatic rings. The molecule has 0 heterocycles. The Morgan fingerprint density at radius 1 is 1.07 bits per heavy atom. The van der Waals surface area contributed by atoms with E-state index in [9.17, 15) is 14.9 Å². The fourth-order valence-corrected chi connectivity index (χ4v) is 3.25. The molecule has 0 radical (unpaired) electrons. The number of carbonyl (C=O) groups is 1. The average molecular weight is 392 g/mol. The zero-order chi connectivity index (χ0) is 19.9. The first-order valence-corrected chi connectivity index (χ1v) is 9.40. The number of nitro benzene ring substituents is 1. The Balaban J connectivity index is 2.18. The third-order valence-electron chi connectivity index (χ3n) is 3.32. The van der Waals surface area contributed by atoms with Gasteiger partial charge in [0, 0.05) is 12.1 Å². The smallest absolute Gasteiger partial charge is 0.382 e. The molecule has 1 atom stereocenters. The summed E-state index contributed by atoms with van der Waals surface area (Å²) in [6.45, 7) is 5.30. The van der Waals surface area contributed by atoms with Crippen LogP contribution in [0.4, 0.5) is 5.69 Å². The topological polar surface area (TPSA) is 99.9 Å². The van der Waals surface area contributed by atoms with Gasteiger partial charge >= 0.3 is 14.5 Å². The molecule has 144 valence electrons. The molecule has 27 heavy (non-hydrogen) atoms. The standard InChI is InChI=1S/C18H21N2O6P/c1-4-24-17(21)18(2,3)19-27(25-15-8-6-5-7-9-15)26-16-12-10-14(11-13-16)20(22)23/h5-13,19H,4H2,1-3H3. The minimum absolute atomic E-state index is 0.0459. The number of nitro groups is 1. The van der Waals surface area contributed by atoms with Crippen LogP contribution in [0, 0.1) is 10.1 Å². The van der Waals surface area contributed by atoms with Crippen molar-refractivity contribution in [3.8, 4) is 11.5 Å². The van der Waals surface area contributed by atoms with Gasteiger partial charge < -0.3 is 13.8 Å². The van der Waals surface area contributed by atoms with Crippen molar-refractivity contribution in [2.75, 3.05) is 6.61 Å². The van der Waals surface area contributed by atoms with Gasteiger partial charge in [-0.1, -0.05) is 18.2 Å². The molecule has 0 aliphatic carbocycles. The Bertz CT molecular complexity index is 767. The Morgan fingerprint density at radius 3 is 2.15 bits per heavy atom. The summed E-state index contributed by atoms with van der Waals surface area (Å²) < 4.78 is 16.7. The van der Waals surface area contributed by atoms with Crippen LogP contribution in [0.1, 0.15) is 20.8 Å². The van der Waals surface area contributed by atoms with E-state index in [2.05, 4.69) is 5.09 Å². The first-order chi connectivity index (χ1) is 12.8. The van der Waals surface area contributed by atoms with Gasteiger partial charge in [-0.05, 0) is 45.0 Å². The summed E-state index contributed by atoms with van der Waals surface area (Å²) in [5, 5.41) is 13.8. The first-order valence-electron chi connectivity index (χ1n) is 8.22. The molecule has 2 rings (SSSR count). The van der Waals surface area contributed by atoms with Crippen LogP contribution in [0.3, 0.4) is 0 Å². The molecular weight excluding hydrogens is 371 g/mol. The Hall–Kier alpha value is -2.70. The number of benzene rings is 2. The normalized spacial score (nSPS) is 12.1. The van der Waals surface area contributed by atoms with Crippen LogP contribution in [0.15, 0.2) is 54.6 Å². The Labute approximate surface area is 158 Å². The molecule has 0 spiro atoms. The van der Waals surface area contributed by atoms with E-state index in [0.29, 0.717) is 11.5 Å². The summed E-state index contributed by atoms with van der Waals surface area (Å²) in [7, 11) is -1.79. The van der Waals surface area contributed by atoms with E-state index >= 15 is 0 Å². The molecule has 0 aromatic heterocycles. The summed E-state index contributed by atoms with van der Waals surface area (Å²) >= 11 is 0. The molecule has 1 unspecified atom stereocenters. The predicted molar refractivity (Wildman–Crippen MR) is 102 cm³/mol. The molecule has 0 saturated carbocycles. The van der Waals surface area contributed by atoms with Crippen LogP contribution in [0.2, 0.25) is 0 Å². The highest BCUT2D eigenvalue weighted by atomic mass is 31.2. The number of nitrogens with one attached hydrogen (secondary N) is 1. The van der Waals surface area contributed by atoms with Gasteiger partial charge in [0.25, 0.3) is 5.69 Å². The van der Waals surface area contributed by atoms with Crippen molar-refractivity contribution >= 4 is 20.2 Å². The van der Waals surface area contributed by atoms with Gasteiger partial charge in [0.2, 0.25) is 0 Å². The van der Waals surface area contributed by atoms with Crippen molar-refractivity contribution in [3.63, 3.8) is 0 Å². The number of hydrogen-bond acceptors (Lipinski definition) is 7. The van der Waals surface area contributed by atoms with Crippen LogP contribution in [-0.2, 0) is 9.53 Å². The van der Waals surface area contributed by atoms with Gasteiger partial charge in [-0.15, -0.1) is 0 Å². The molecule has 0 aliphatic heterocycles. The lowest BCUT2D eigenvalue weighted by Crippen LogP contribution is -2.46. The quantitative estimate of drug-likeness (QED) is 0.295. The second-order valence-electron chi connectivity index (χ2n) is 5.96. The lowest BCUT2D eigenvalue weighted by atomic mass is 10.1. The van der Waals surface area contributed by atoms with E-state index in [1.54, 1.807) is 32.9 Å². The number of non-ortho nitro benzene ring substituents is 1. The van der Waals surface area contributed by atoms with Gasteiger partial charge in [0.05, 0.1) is 11.5 Å². The average Bonchev–Trinajstić information content (AvgIpc) is 2.63. The number of hydrogen-bond donors (Lipinski definition) is 1. The molecule has 0 fully saturated rings. The Kier molecular flexibility index (Phi) is 7.10. The van der Waals surface area contributed by atoms with Crippen molar-refractivity contribution < 1.29 is 23.5 Å². The van der Waals surface area contributed by atoms with Crippen molar-refractivity contribution in [2.45, 2.75) is 26.3 Å². The van der Waals surface area contributed by atoms with Gasteiger partial charge in [0.1, 0.15) is 17.0 Å². The summed E-state index contributed by atoms with van der Waals surface area (Å²) in [6, 6.07) is 14.6. The molecule has 2 aromatic carbocycles. The largest absolute Gasteiger partial charge is 0.465 e. The van der Waals surface area contributed by atoms with Gasteiger partial charge in [-0.25, -0.2) is 5.09 Å². The van der Waals surface area contributed by atoms with E-state index in [1.165, 1.54) is 24.3 Å². The highest BCUT2D eigenvalue weighted by Gasteiger charge is 2.35. The van der Waals surface area contributed by atoms with Gasteiger partial charge in [-0.3, -0.25) is 14.9 Å². The van der Waals surface area contributed by atoms with E-state index in [1.807, 2.05) is 18.2 Å². The van der Waals surface area contributed by atoms with Crippen LogP contribution < -0.4 is 14.1 Å². The molecule has 0 amide bonds. The maximum Gasteiger partial charge on any atom is 0.382 e. The fourth-order valence-electron chi connectivity index (χ4n) is 1.95. The van der Waals surface area contributed by atoms with Crippen molar-refractivity contribution in [3.05, 3.63) is 64.7 Å². The highest BCUT2D eigenvalue weighted by Crippen LogP contribution is 2.39. The minimum atomic E-state index is -1.79. The number of esters is 1. The first kappa shape index (κ1) is 20.6. The van der Waals surface area contributed by atoms with E-state index in [0.717, 1.165) is 0 Å². The summed E-state index contributed by atoms with van der Waals surface area (Å²) in [4.78, 5) is 22.5. The summed E-state index contributed by atoms with van der Waals surface area (Å²) in [5.41, 5.74) is -1.10. The lowest BCUT2D eigenvalue weighted by Gasteiger charge is -2.28. The van der Waals surface area contributed by atoms with Crippen LogP contribution in [0.25, 0.3) is 0 Å². The molecular formula is C18H21N2O6P. The monoisotopic (exact) mass is 392 g/mol. The number of rotatable bonds is 9. The van der Waals surface area contributed by atoms with Crippen molar-refractivity contribution in [2.24, 2.45) is 0 Å². The molecule has 9 heteroatoms. The lowest BCUT2D eigenvalue weighted by molar-refractivity contribution is -0.384. The van der Waals surface area contributed by atoms with Crippen LogP contribution >= 0.6 is 8.53 Å². The third kappa shape index (κ3) is 6.20. The maximum absolute atomic E-state index is 12.2. The number of para-hydroxylation sites is 1. The van der Waals surface area contributed by atoms with Crippen molar-refractivity contribution in [1.82, 2.24) is 5.09 Å². The minimum Gasteiger partial charge on any atom is -0.465 e. The molecule has 0 bridgehead atoms. The molecule has 0 saturated heterocycles. The summed E-state index contributed by atoms with van der Waals surface area (Å²) in [5.74, 6) is 0.481. The number of nitrogens with zero attached hydrogens (tertiary/aromatic N) is 1. The zero-order valence-electron chi connectivity index (χ0n) is 15.2. The van der Waals surface area contributed by atoms with E-state index in [-0.39, 0.29) is 12.3 Å². The van der Waals surface area contributed by atoms with Gasteiger partial charge in [-0.2, -0.15) is 0 Å². The molecule has 1 N–H and O–H groups in total. The molecule has 8 nitrogen and oxygen atoms in total. The second-order valence-corrected chi connectivity index (χ2v) is 7.06. The second kappa shape index (κ2) is 9.30. The number of carbonyl (C=O) groups excluding carboxylic acids is 1. The predicted octanol–water partition coefficient (Wildman–Crippen LogP) is 4.21. The van der Waals surface area contributed by atoms with Crippen LogP contribution in [0.5, 0.6) is 11.5 Å². The van der Waals surface area contributed by atoms with E-state index < -0.39 is 25.0 Å². The highest BCUT2D eigenvalue weighted by molar-refractivity contribution is 7.46. The zero-order valence-corrected chi connectivity index (χ0v) is 16.1. The maximum atomic E-state index is 12.2. The fraction of sp³-hybridized carbons (Fsp3) is 0.278. The van der Waals surface area contributed by atoms with Crippen molar-refractivity contribution in [1.29, 1.82) is 0 Å². The number of ether oxygens (including phenoxy) is 1.